The number of fused-ring (bicyclic) bond motifs is 8. The zero-order valence-electron chi connectivity index (χ0n) is 26.8. The lowest BCUT2D eigenvalue weighted by molar-refractivity contribution is 1.19. The van der Waals surface area contributed by atoms with Crippen LogP contribution in [0.25, 0.3) is 93.2 Å². The van der Waals surface area contributed by atoms with Crippen LogP contribution in [0.4, 0.5) is 0 Å². The van der Waals surface area contributed by atoms with Gasteiger partial charge in [0.1, 0.15) is 0 Å². The average molecular weight is 622 g/mol. The van der Waals surface area contributed by atoms with Gasteiger partial charge in [-0.15, -0.1) is 0 Å². The van der Waals surface area contributed by atoms with E-state index in [1.165, 1.54) is 87.5 Å². The molecule has 0 bridgehead atoms. The highest BCUT2D eigenvalue weighted by Gasteiger charge is 2.18. The highest BCUT2D eigenvalue weighted by Crippen LogP contribution is 2.42. The van der Waals surface area contributed by atoms with Crippen molar-refractivity contribution in [3.05, 3.63) is 188 Å². The molecule has 49 heavy (non-hydrogen) atoms. The van der Waals surface area contributed by atoms with Crippen molar-refractivity contribution in [3.63, 3.8) is 0 Å². The van der Waals surface area contributed by atoms with Crippen molar-refractivity contribution in [2.45, 2.75) is 0 Å². The molecule has 10 aromatic rings. The van der Waals surface area contributed by atoms with Gasteiger partial charge < -0.3 is 4.57 Å². The maximum Gasteiger partial charge on any atom is 0.0619 e. The Morgan fingerprint density at radius 2 is 0.837 bits per heavy atom. The predicted molar refractivity (Wildman–Crippen MR) is 210 cm³/mol. The zero-order chi connectivity index (χ0) is 32.3. The second-order valence-corrected chi connectivity index (χ2v) is 12.9. The van der Waals surface area contributed by atoms with Crippen LogP contribution in [0.2, 0.25) is 0 Å². The number of nitrogens with zero attached hydrogens (tertiary/aromatic N) is 1. The summed E-state index contributed by atoms with van der Waals surface area (Å²) < 4.78 is 2.46. The topological polar surface area (TPSA) is 4.93 Å². The van der Waals surface area contributed by atoms with E-state index in [1.54, 1.807) is 0 Å². The molecule has 0 aliphatic carbocycles. The number of para-hydroxylation sites is 1. The van der Waals surface area contributed by atoms with Crippen LogP contribution < -0.4 is 0 Å². The first-order valence-corrected chi connectivity index (χ1v) is 16.9. The normalized spacial score (nSPS) is 11.7. The van der Waals surface area contributed by atoms with Crippen LogP contribution >= 0.6 is 0 Å². The van der Waals surface area contributed by atoms with Crippen LogP contribution in [0, 0.1) is 0 Å². The minimum atomic E-state index is 1.16. The number of aromatic nitrogens is 1. The quantitative estimate of drug-likeness (QED) is 0.172. The number of benzene rings is 9. The smallest absolute Gasteiger partial charge is 0.0619 e. The summed E-state index contributed by atoms with van der Waals surface area (Å²) in [4.78, 5) is 0. The average Bonchev–Trinajstić information content (AvgIpc) is 3.52. The van der Waals surface area contributed by atoms with E-state index in [2.05, 4.69) is 193 Å². The van der Waals surface area contributed by atoms with Gasteiger partial charge in [0.05, 0.1) is 11.0 Å². The lowest BCUT2D eigenvalue weighted by Gasteiger charge is -2.14. The van der Waals surface area contributed by atoms with E-state index in [-0.39, 0.29) is 0 Å². The third-order valence-electron chi connectivity index (χ3n) is 10.2. The summed E-state index contributed by atoms with van der Waals surface area (Å²) in [5.74, 6) is 0. The molecule has 1 aromatic heterocycles. The molecule has 0 saturated heterocycles. The van der Waals surface area contributed by atoms with Gasteiger partial charge in [0.2, 0.25) is 0 Å². The summed E-state index contributed by atoms with van der Waals surface area (Å²) in [5.41, 5.74) is 11.0. The molecule has 0 aliphatic rings. The van der Waals surface area contributed by atoms with Gasteiger partial charge >= 0.3 is 0 Å². The molecule has 0 unspecified atom stereocenters. The maximum absolute atomic E-state index is 2.46. The molecule has 1 nitrogen and oxygen atoms in total. The fourth-order valence-corrected chi connectivity index (χ4v) is 7.91. The second-order valence-electron chi connectivity index (χ2n) is 12.9. The van der Waals surface area contributed by atoms with Gasteiger partial charge in [0.25, 0.3) is 0 Å². The van der Waals surface area contributed by atoms with Crippen molar-refractivity contribution in [1.82, 2.24) is 4.57 Å². The van der Waals surface area contributed by atoms with Crippen LogP contribution in [0.15, 0.2) is 188 Å². The van der Waals surface area contributed by atoms with Crippen molar-refractivity contribution in [2.75, 3.05) is 0 Å². The molecule has 9 aromatic carbocycles. The summed E-state index contributed by atoms with van der Waals surface area (Å²) >= 11 is 0. The zero-order valence-corrected chi connectivity index (χ0v) is 26.8. The number of hydrogen-bond donors (Lipinski definition) is 0. The van der Waals surface area contributed by atoms with Crippen molar-refractivity contribution in [2.24, 2.45) is 0 Å². The molecule has 10 rings (SSSR count). The molecule has 0 fully saturated rings. The molecule has 1 heterocycles. The molecule has 228 valence electrons. The van der Waals surface area contributed by atoms with Gasteiger partial charge in [0, 0.05) is 21.8 Å². The van der Waals surface area contributed by atoms with Gasteiger partial charge in [-0.25, -0.2) is 0 Å². The first-order valence-electron chi connectivity index (χ1n) is 16.9. The molecule has 0 aliphatic heterocycles. The van der Waals surface area contributed by atoms with Crippen LogP contribution in [-0.2, 0) is 0 Å². The molecule has 1 heteroatoms. The predicted octanol–water partition coefficient (Wildman–Crippen LogP) is 13.2. The molecule has 0 N–H and O–H groups in total. The van der Waals surface area contributed by atoms with Crippen molar-refractivity contribution in [3.8, 4) is 39.1 Å². The van der Waals surface area contributed by atoms with Crippen LogP contribution in [0.3, 0.4) is 0 Å². The number of hydrogen-bond acceptors (Lipinski definition) is 0. The highest BCUT2D eigenvalue weighted by molar-refractivity contribution is 6.22. The van der Waals surface area contributed by atoms with Crippen LogP contribution in [-0.4, -0.2) is 4.57 Å². The first-order chi connectivity index (χ1) is 24.3. The van der Waals surface area contributed by atoms with E-state index in [0.29, 0.717) is 0 Å². The Labute approximate surface area is 284 Å². The minimum absolute atomic E-state index is 1.16. The van der Waals surface area contributed by atoms with Crippen LogP contribution in [0.1, 0.15) is 0 Å². The third kappa shape index (κ3) is 4.40. The lowest BCUT2D eigenvalue weighted by atomic mass is 9.91. The van der Waals surface area contributed by atoms with Crippen molar-refractivity contribution in [1.29, 1.82) is 0 Å². The lowest BCUT2D eigenvalue weighted by Crippen LogP contribution is -1.95. The summed E-state index contributed by atoms with van der Waals surface area (Å²) in [7, 11) is 0. The fraction of sp³-hybridized carbons (Fsp3) is 0. The van der Waals surface area contributed by atoms with Crippen molar-refractivity contribution < 1.29 is 0 Å². The molecular formula is C48H31N. The Bertz CT molecular complexity index is 2860. The fourth-order valence-electron chi connectivity index (χ4n) is 7.91. The van der Waals surface area contributed by atoms with Gasteiger partial charge in [-0.2, -0.15) is 0 Å². The second kappa shape index (κ2) is 11.1. The maximum atomic E-state index is 2.46. The molecule has 0 spiro atoms. The SMILES string of the molecule is c1ccc(-c2cccc(-n3c4ccccc4c4cc(-c5ccc(-c6cc7ccccc7c7ccccc67)cc5)c5ccccc5c43)c2)cc1. The Balaban J connectivity index is 1.18. The van der Waals surface area contributed by atoms with Gasteiger partial charge in [-0.3, -0.25) is 0 Å². The summed E-state index contributed by atoms with van der Waals surface area (Å²) in [5, 5.41) is 10.2. The Hall–Kier alpha value is -6.44. The van der Waals surface area contributed by atoms with Gasteiger partial charge in [-0.1, -0.05) is 158 Å². The minimum Gasteiger partial charge on any atom is -0.309 e. The van der Waals surface area contributed by atoms with E-state index in [4.69, 9.17) is 0 Å². The van der Waals surface area contributed by atoms with E-state index >= 15 is 0 Å². The monoisotopic (exact) mass is 621 g/mol. The molecule has 0 saturated carbocycles. The number of rotatable bonds is 4. The Kier molecular flexibility index (Phi) is 6.25. The summed E-state index contributed by atoms with van der Waals surface area (Å²) in [6, 6.07) is 68.7. The van der Waals surface area contributed by atoms with E-state index in [0.717, 1.165) is 5.69 Å². The largest absolute Gasteiger partial charge is 0.309 e. The molecule has 0 atom stereocenters. The molecular weight excluding hydrogens is 591 g/mol. The standard InChI is InChI=1S/C48H31N/c1-2-13-32(14-3-1)35-16-12-17-37(29-35)49-47-24-11-10-22-42(47)46-31-45(41-21-8-9-23-43(41)48(46)49)34-27-25-33(26-28-34)44-30-36-15-4-5-18-38(36)39-19-6-7-20-40(39)44/h1-31H. The summed E-state index contributed by atoms with van der Waals surface area (Å²) in [6.07, 6.45) is 0. The van der Waals surface area contributed by atoms with E-state index in [9.17, 15) is 0 Å². The highest BCUT2D eigenvalue weighted by atomic mass is 15.0. The Morgan fingerprint density at radius 3 is 1.59 bits per heavy atom. The molecule has 0 amide bonds. The van der Waals surface area contributed by atoms with E-state index < -0.39 is 0 Å². The van der Waals surface area contributed by atoms with Crippen molar-refractivity contribution >= 4 is 54.1 Å². The Morgan fingerprint density at radius 1 is 0.286 bits per heavy atom. The van der Waals surface area contributed by atoms with Gasteiger partial charge in [-0.05, 0) is 90.6 Å². The van der Waals surface area contributed by atoms with Gasteiger partial charge in [0.15, 0.2) is 0 Å². The van der Waals surface area contributed by atoms with E-state index in [1.807, 2.05) is 0 Å². The summed E-state index contributed by atoms with van der Waals surface area (Å²) in [6.45, 7) is 0. The first kappa shape index (κ1) is 27.7. The van der Waals surface area contributed by atoms with Crippen LogP contribution in [0.5, 0.6) is 0 Å². The molecule has 0 radical (unpaired) electrons. The third-order valence-corrected chi connectivity index (χ3v) is 10.2.